The standard InChI is InChI=1S/C18H15ClF5NO3/c19-10-11(25-17(26)16-14(20)2-1-3-15(16)21)8-9-27-12-4-6-13(7-5-12)28-18(22,23)24/h1-7,11H,8-10H2,(H,25,26). The Morgan fingerprint density at radius 1 is 1.04 bits per heavy atom. The minimum atomic E-state index is -4.79. The monoisotopic (exact) mass is 423 g/mol. The number of carbonyl (C=O) groups is 1. The lowest BCUT2D eigenvalue weighted by Crippen LogP contribution is -2.38. The zero-order chi connectivity index (χ0) is 20.7. The molecule has 4 nitrogen and oxygen atoms in total. The molecule has 10 heteroatoms. The largest absolute Gasteiger partial charge is 0.573 e. The first kappa shape index (κ1) is 21.7. The Morgan fingerprint density at radius 3 is 2.14 bits per heavy atom. The summed E-state index contributed by atoms with van der Waals surface area (Å²) < 4.78 is 72.7. The lowest BCUT2D eigenvalue weighted by atomic mass is 10.1. The highest BCUT2D eigenvalue weighted by Crippen LogP contribution is 2.24. The van der Waals surface area contributed by atoms with E-state index in [1.54, 1.807) is 0 Å². The van der Waals surface area contributed by atoms with E-state index in [1.165, 1.54) is 12.1 Å². The van der Waals surface area contributed by atoms with Crippen LogP contribution in [0.25, 0.3) is 0 Å². The van der Waals surface area contributed by atoms with Crippen LogP contribution >= 0.6 is 11.6 Å². The van der Waals surface area contributed by atoms with Gasteiger partial charge in [0.05, 0.1) is 6.61 Å². The van der Waals surface area contributed by atoms with Gasteiger partial charge in [0.2, 0.25) is 0 Å². The molecule has 0 aromatic heterocycles. The average molecular weight is 424 g/mol. The normalized spacial score (nSPS) is 12.4. The van der Waals surface area contributed by atoms with Crippen molar-refractivity contribution < 1.29 is 36.2 Å². The molecule has 0 fully saturated rings. The molecule has 0 aliphatic rings. The van der Waals surface area contributed by atoms with E-state index < -0.39 is 41.3 Å². The van der Waals surface area contributed by atoms with Crippen LogP contribution in [0.15, 0.2) is 42.5 Å². The molecule has 0 aliphatic carbocycles. The summed E-state index contributed by atoms with van der Waals surface area (Å²) in [6, 6.07) is 7.16. The summed E-state index contributed by atoms with van der Waals surface area (Å²) in [4.78, 5) is 12.0. The number of amides is 1. The van der Waals surface area contributed by atoms with E-state index in [0.29, 0.717) is 0 Å². The predicted molar refractivity (Wildman–Crippen MR) is 91.6 cm³/mol. The van der Waals surface area contributed by atoms with Gasteiger partial charge in [-0.2, -0.15) is 0 Å². The van der Waals surface area contributed by atoms with Gasteiger partial charge in [0.25, 0.3) is 5.91 Å². The van der Waals surface area contributed by atoms with E-state index in [2.05, 4.69) is 10.1 Å². The molecule has 1 amide bonds. The van der Waals surface area contributed by atoms with Gasteiger partial charge in [0, 0.05) is 18.3 Å². The summed E-state index contributed by atoms with van der Waals surface area (Å²) >= 11 is 5.76. The molecule has 2 aromatic carbocycles. The van der Waals surface area contributed by atoms with Crippen molar-refractivity contribution in [2.75, 3.05) is 12.5 Å². The zero-order valence-electron chi connectivity index (χ0n) is 14.2. The third kappa shape index (κ3) is 6.56. The Kier molecular flexibility index (Phi) is 7.45. The number of alkyl halides is 4. The molecule has 0 radical (unpaired) electrons. The molecule has 0 spiro atoms. The van der Waals surface area contributed by atoms with Crippen molar-refractivity contribution >= 4 is 17.5 Å². The summed E-state index contributed by atoms with van der Waals surface area (Å²) in [6.07, 6.45) is -4.59. The van der Waals surface area contributed by atoms with Gasteiger partial charge >= 0.3 is 6.36 Å². The lowest BCUT2D eigenvalue weighted by Gasteiger charge is -2.17. The van der Waals surface area contributed by atoms with Gasteiger partial charge in [-0.05, 0) is 36.4 Å². The van der Waals surface area contributed by atoms with Gasteiger partial charge in [-0.25, -0.2) is 8.78 Å². The predicted octanol–water partition coefficient (Wildman–Crippen LogP) is 4.67. The van der Waals surface area contributed by atoms with Crippen molar-refractivity contribution in [3.63, 3.8) is 0 Å². The molecule has 0 saturated carbocycles. The molecule has 2 aromatic rings. The summed E-state index contributed by atoms with van der Waals surface area (Å²) in [5.41, 5.74) is -0.709. The van der Waals surface area contributed by atoms with Gasteiger partial charge < -0.3 is 14.8 Å². The topological polar surface area (TPSA) is 47.6 Å². The number of ether oxygens (including phenoxy) is 2. The molecule has 0 heterocycles. The maximum atomic E-state index is 13.6. The number of hydrogen-bond donors (Lipinski definition) is 1. The lowest BCUT2D eigenvalue weighted by molar-refractivity contribution is -0.274. The smallest absolute Gasteiger partial charge is 0.494 e. The van der Waals surface area contributed by atoms with Crippen molar-refractivity contribution in [2.45, 2.75) is 18.8 Å². The summed E-state index contributed by atoms with van der Waals surface area (Å²) in [5.74, 6) is -3.10. The number of halogens is 6. The van der Waals surface area contributed by atoms with Crippen molar-refractivity contribution in [1.82, 2.24) is 5.32 Å². The van der Waals surface area contributed by atoms with Crippen molar-refractivity contribution in [1.29, 1.82) is 0 Å². The number of nitrogens with one attached hydrogen (secondary N) is 1. The quantitative estimate of drug-likeness (QED) is 0.496. The average Bonchev–Trinajstić information content (AvgIpc) is 2.61. The van der Waals surface area contributed by atoms with E-state index in [4.69, 9.17) is 16.3 Å². The molecule has 2 rings (SSSR count). The minimum absolute atomic E-state index is 0.0382. The first-order valence-electron chi connectivity index (χ1n) is 7.99. The molecule has 1 unspecified atom stereocenters. The third-order valence-electron chi connectivity index (χ3n) is 3.50. The molecule has 1 atom stereocenters. The van der Waals surface area contributed by atoms with Gasteiger partial charge in [-0.1, -0.05) is 6.07 Å². The number of benzene rings is 2. The fourth-order valence-electron chi connectivity index (χ4n) is 2.22. The van der Waals surface area contributed by atoms with Crippen LogP contribution in [-0.4, -0.2) is 30.8 Å². The van der Waals surface area contributed by atoms with Crippen molar-refractivity contribution in [3.05, 3.63) is 59.7 Å². The molecule has 0 aliphatic heterocycles. The SMILES string of the molecule is O=C(NC(CCl)CCOc1ccc(OC(F)(F)F)cc1)c1c(F)cccc1F. The minimum Gasteiger partial charge on any atom is -0.494 e. The van der Waals surface area contributed by atoms with Crippen LogP contribution in [0.4, 0.5) is 22.0 Å². The Bertz CT molecular complexity index is 779. The molecule has 0 bridgehead atoms. The maximum absolute atomic E-state index is 13.6. The number of rotatable bonds is 8. The van der Waals surface area contributed by atoms with Crippen LogP contribution in [-0.2, 0) is 0 Å². The van der Waals surface area contributed by atoms with Crippen LogP contribution in [0, 0.1) is 11.6 Å². The molecule has 1 N–H and O–H groups in total. The van der Waals surface area contributed by atoms with Crippen LogP contribution in [0.3, 0.4) is 0 Å². The van der Waals surface area contributed by atoms with Crippen molar-refractivity contribution in [3.8, 4) is 11.5 Å². The first-order chi connectivity index (χ1) is 13.2. The van der Waals surface area contributed by atoms with E-state index in [-0.39, 0.29) is 24.7 Å². The second kappa shape index (κ2) is 9.59. The first-order valence-corrected chi connectivity index (χ1v) is 8.52. The van der Waals surface area contributed by atoms with Crippen LogP contribution in [0.2, 0.25) is 0 Å². The van der Waals surface area contributed by atoms with Crippen molar-refractivity contribution in [2.24, 2.45) is 0 Å². The molecular formula is C18H15ClF5NO3. The number of carbonyl (C=O) groups excluding carboxylic acids is 1. The van der Waals surface area contributed by atoms with E-state index in [1.807, 2.05) is 0 Å². The fourth-order valence-corrected chi connectivity index (χ4v) is 2.45. The van der Waals surface area contributed by atoms with Gasteiger partial charge in [0.1, 0.15) is 28.7 Å². The van der Waals surface area contributed by atoms with E-state index >= 15 is 0 Å². The van der Waals surface area contributed by atoms with E-state index in [9.17, 15) is 26.7 Å². The van der Waals surface area contributed by atoms with E-state index in [0.717, 1.165) is 30.3 Å². The van der Waals surface area contributed by atoms with Crippen LogP contribution < -0.4 is 14.8 Å². The Labute approximate surface area is 162 Å². The Hall–Kier alpha value is -2.55. The second-order valence-corrected chi connectivity index (χ2v) is 5.89. The highest BCUT2D eigenvalue weighted by Gasteiger charge is 2.31. The number of hydrogen-bond acceptors (Lipinski definition) is 3. The summed E-state index contributed by atoms with van der Waals surface area (Å²) in [7, 11) is 0. The molecule has 0 saturated heterocycles. The fraction of sp³-hybridized carbons (Fsp3) is 0.278. The molecular weight excluding hydrogens is 409 g/mol. The summed E-state index contributed by atoms with van der Waals surface area (Å²) in [5, 5.41) is 2.41. The van der Waals surface area contributed by atoms with Crippen LogP contribution in [0.5, 0.6) is 11.5 Å². The second-order valence-electron chi connectivity index (χ2n) is 5.58. The zero-order valence-corrected chi connectivity index (χ0v) is 15.0. The van der Waals surface area contributed by atoms with Crippen LogP contribution in [0.1, 0.15) is 16.8 Å². The highest BCUT2D eigenvalue weighted by atomic mass is 35.5. The Morgan fingerprint density at radius 2 is 1.61 bits per heavy atom. The van der Waals surface area contributed by atoms with Gasteiger partial charge in [0.15, 0.2) is 0 Å². The summed E-state index contributed by atoms with van der Waals surface area (Å²) in [6.45, 7) is 0.0525. The Balaban J connectivity index is 1.86. The maximum Gasteiger partial charge on any atom is 0.573 e. The van der Waals surface area contributed by atoms with Gasteiger partial charge in [-0.15, -0.1) is 24.8 Å². The third-order valence-corrected chi connectivity index (χ3v) is 3.88. The van der Waals surface area contributed by atoms with Gasteiger partial charge in [-0.3, -0.25) is 4.79 Å². The molecule has 28 heavy (non-hydrogen) atoms. The highest BCUT2D eigenvalue weighted by molar-refractivity contribution is 6.18. The molecule has 152 valence electrons.